The summed E-state index contributed by atoms with van der Waals surface area (Å²) >= 11 is 0. The first kappa shape index (κ1) is 21.9. The van der Waals surface area contributed by atoms with E-state index in [1.54, 1.807) is 4.90 Å². The summed E-state index contributed by atoms with van der Waals surface area (Å²) in [5.41, 5.74) is 7.33. The number of nitrogens with one attached hydrogen (secondary N) is 1. The summed E-state index contributed by atoms with van der Waals surface area (Å²) in [6, 6.07) is 7.42. The lowest BCUT2D eigenvalue weighted by Gasteiger charge is -2.36. The van der Waals surface area contributed by atoms with Crippen LogP contribution in [0.2, 0.25) is 0 Å². The Bertz CT molecular complexity index is 1010. The lowest BCUT2D eigenvalue weighted by molar-refractivity contribution is -0.138. The second kappa shape index (κ2) is 8.68. The van der Waals surface area contributed by atoms with Crippen LogP contribution in [0.3, 0.4) is 0 Å². The van der Waals surface area contributed by atoms with Gasteiger partial charge in [0.15, 0.2) is 0 Å². The number of anilines is 2. The number of amides is 3. The standard InChI is InChI=1S/C22H24F3N5O2/c23-22(24,25)16-6-7-19(27-11-16)28-18-5-1-3-14-12-29(10-8-17(14)18)20(31)15-4-2-9-30(13-15)21(26)32/h1,3,5-7,11,15H,2,4,8-10,12-13H2,(H2,26,32)(H,27,28). The zero-order chi connectivity index (χ0) is 22.9. The van der Waals surface area contributed by atoms with E-state index >= 15 is 0 Å². The fourth-order valence-electron chi connectivity index (χ4n) is 4.33. The first-order chi connectivity index (χ1) is 15.2. The third-order valence-electron chi connectivity index (χ3n) is 6.01. The third-order valence-corrected chi connectivity index (χ3v) is 6.01. The molecule has 10 heteroatoms. The molecule has 0 spiro atoms. The fraction of sp³-hybridized carbons (Fsp3) is 0.409. The minimum Gasteiger partial charge on any atom is -0.351 e. The van der Waals surface area contributed by atoms with Crippen molar-refractivity contribution in [3.05, 3.63) is 53.2 Å². The number of aromatic nitrogens is 1. The molecule has 170 valence electrons. The molecule has 0 aliphatic carbocycles. The minimum atomic E-state index is -4.43. The summed E-state index contributed by atoms with van der Waals surface area (Å²) < 4.78 is 38.3. The number of urea groups is 1. The van der Waals surface area contributed by atoms with E-state index in [0.717, 1.165) is 41.9 Å². The second-order valence-electron chi connectivity index (χ2n) is 8.13. The smallest absolute Gasteiger partial charge is 0.351 e. The van der Waals surface area contributed by atoms with Crippen molar-refractivity contribution in [2.24, 2.45) is 11.7 Å². The zero-order valence-electron chi connectivity index (χ0n) is 17.4. The minimum absolute atomic E-state index is 0.0179. The van der Waals surface area contributed by atoms with Crippen molar-refractivity contribution >= 4 is 23.4 Å². The first-order valence-electron chi connectivity index (χ1n) is 10.5. The number of primary amides is 1. The van der Waals surface area contributed by atoms with Crippen LogP contribution in [0.15, 0.2) is 36.5 Å². The largest absolute Gasteiger partial charge is 0.417 e. The quantitative estimate of drug-likeness (QED) is 0.753. The molecule has 1 aromatic carbocycles. The maximum Gasteiger partial charge on any atom is 0.417 e. The summed E-state index contributed by atoms with van der Waals surface area (Å²) in [5, 5.41) is 3.10. The van der Waals surface area contributed by atoms with E-state index in [-0.39, 0.29) is 11.8 Å². The van der Waals surface area contributed by atoms with Crippen LogP contribution in [-0.4, -0.2) is 46.4 Å². The molecule has 2 aliphatic rings. The molecular formula is C22H24F3N5O2. The van der Waals surface area contributed by atoms with Crippen molar-refractivity contribution in [1.82, 2.24) is 14.8 Å². The van der Waals surface area contributed by atoms with Crippen molar-refractivity contribution in [1.29, 1.82) is 0 Å². The van der Waals surface area contributed by atoms with Crippen molar-refractivity contribution in [3.8, 4) is 0 Å². The van der Waals surface area contributed by atoms with Crippen LogP contribution in [0.4, 0.5) is 29.5 Å². The van der Waals surface area contributed by atoms with Crippen LogP contribution in [0.25, 0.3) is 0 Å². The number of nitrogens with zero attached hydrogens (tertiary/aromatic N) is 3. The molecular weight excluding hydrogens is 423 g/mol. The number of carbonyl (C=O) groups is 2. The molecule has 0 saturated carbocycles. The Hall–Kier alpha value is -3.30. The van der Waals surface area contributed by atoms with E-state index in [1.807, 2.05) is 18.2 Å². The van der Waals surface area contributed by atoms with E-state index in [0.29, 0.717) is 38.4 Å². The molecule has 0 bridgehead atoms. The van der Waals surface area contributed by atoms with Crippen LogP contribution in [0.1, 0.15) is 29.5 Å². The van der Waals surface area contributed by atoms with Crippen molar-refractivity contribution < 1.29 is 22.8 Å². The molecule has 0 radical (unpaired) electrons. The van der Waals surface area contributed by atoms with Gasteiger partial charge >= 0.3 is 12.2 Å². The number of piperidine rings is 1. The van der Waals surface area contributed by atoms with Gasteiger partial charge in [0.25, 0.3) is 0 Å². The van der Waals surface area contributed by atoms with E-state index in [1.165, 1.54) is 11.0 Å². The van der Waals surface area contributed by atoms with Crippen LogP contribution >= 0.6 is 0 Å². The molecule has 3 amide bonds. The molecule has 32 heavy (non-hydrogen) atoms. The number of hydrogen-bond donors (Lipinski definition) is 2. The van der Waals surface area contributed by atoms with Gasteiger partial charge in [-0.3, -0.25) is 4.79 Å². The molecule has 7 nitrogen and oxygen atoms in total. The van der Waals surface area contributed by atoms with Crippen molar-refractivity contribution in [2.75, 3.05) is 25.0 Å². The lowest BCUT2D eigenvalue weighted by atomic mass is 9.93. The molecule has 4 rings (SSSR count). The van der Waals surface area contributed by atoms with Gasteiger partial charge < -0.3 is 20.9 Å². The molecule has 2 aromatic rings. The number of pyridine rings is 1. The van der Waals surface area contributed by atoms with Gasteiger partial charge in [0.2, 0.25) is 5.91 Å². The highest BCUT2D eigenvalue weighted by atomic mass is 19.4. The Balaban J connectivity index is 1.45. The summed E-state index contributed by atoms with van der Waals surface area (Å²) in [5.74, 6) is 0.0819. The Morgan fingerprint density at radius 3 is 2.62 bits per heavy atom. The maximum absolute atomic E-state index is 13.0. The predicted molar refractivity (Wildman–Crippen MR) is 112 cm³/mol. The van der Waals surface area contributed by atoms with E-state index in [4.69, 9.17) is 5.73 Å². The molecule has 1 aromatic heterocycles. The van der Waals surface area contributed by atoms with Crippen LogP contribution in [0, 0.1) is 5.92 Å². The highest BCUT2D eigenvalue weighted by molar-refractivity contribution is 5.81. The number of benzene rings is 1. The average Bonchev–Trinajstić information content (AvgIpc) is 2.78. The number of likely N-dealkylation sites (tertiary alicyclic amines) is 1. The number of fused-ring (bicyclic) bond motifs is 1. The SMILES string of the molecule is NC(=O)N1CCCC(C(=O)N2CCc3c(cccc3Nc3ccc(C(F)(F)F)cn3)C2)C1. The number of rotatable bonds is 3. The van der Waals surface area contributed by atoms with Gasteiger partial charge in [-0.15, -0.1) is 0 Å². The average molecular weight is 447 g/mol. The highest BCUT2D eigenvalue weighted by Crippen LogP contribution is 2.32. The predicted octanol–water partition coefficient (Wildman–Crippen LogP) is 3.52. The number of hydrogen-bond acceptors (Lipinski definition) is 4. The Morgan fingerprint density at radius 2 is 1.94 bits per heavy atom. The van der Waals surface area contributed by atoms with Gasteiger partial charge in [0.05, 0.1) is 11.5 Å². The maximum atomic E-state index is 13.0. The van der Waals surface area contributed by atoms with Crippen molar-refractivity contribution in [2.45, 2.75) is 32.0 Å². The monoisotopic (exact) mass is 447 g/mol. The fourth-order valence-corrected chi connectivity index (χ4v) is 4.33. The number of alkyl halides is 3. The molecule has 3 N–H and O–H groups in total. The van der Waals surface area contributed by atoms with E-state index in [2.05, 4.69) is 10.3 Å². The summed E-state index contributed by atoms with van der Waals surface area (Å²) in [6.07, 6.45) is -1.54. The van der Waals surface area contributed by atoms with Crippen LogP contribution in [-0.2, 0) is 23.9 Å². The zero-order valence-corrected chi connectivity index (χ0v) is 17.4. The Kier molecular flexibility index (Phi) is 5.94. The van der Waals surface area contributed by atoms with Crippen LogP contribution in [0.5, 0.6) is 0 Å². The van der Waals surface area contributed by atoms with Gasteiger partial charge in [-0.2, -0.15) is 13.2 Å². The number of nitrogens with two attached hydrogens (primary N) is 1. The highest BCUT2D eigenvalue weighted by Gasteiger charge is 2.33. The van der Waals surface area contributed by atoms with Gasteiger partial charge in [0.1, 0.15) is 5.82 Å². The number of halogens is 3. The van der Waals surface area contributed by atoms with Crippen molar-refractivity contribution in [3.63, 3.8) is 0 Å². The normalized spacial score (nSPS) is 18.8. The summed E-state index contributed by atoms with van der Waals surface area (Å²) in [6.45, 7) is 1.89. The molecule has 2 aliphatic heterocycles. The molecule has 1 saturated heterocycles. The third kappa shape index (κ3) is 4.63. The van der Waals surface area contributed by atoms with Gasteiger partial charge in [-0.25, -0.2) is 9.78 Å². The van der Waals surface area contributed by atoms with Gasteiger partial charge in [-0.05, 0) is 48.6 Å². The first-order valence-corrected chi connectivity index (χ1v) is 10.5. The van der Waals surface area contributed by atoms with Gasteiger partial charge in [-0.1, -0.05) is 12.1 Å². The lowest BCUT2D eigenvalue weighted by Crippen LogP contribution is -2.49. The number of carbonyl (C=O) groups excluding carboxylic acids is 2. The molecule has 1 atom stereocenters. The van der Waals surface area contributed by atoms with Gasteiger partial charge in [0, 0.05) is 38.1 Å². The van der Waals surface area contributed by atoms with Crippen LogP contribution < -0.4 is 11.1 Å². The molecule has 1 unspecified atom stereocenters. The Labute approximate surface area is 183 Å². The summed E-state index contributed by atoms with van der Waals surface area (Å²) in [4.78, 5) is 31.7. The topological polar surface area (TPSA) is 91.6 Å². The van der Waals surface area contributed by atoms with E-state index in [9.17, 15) is 22.8 Å². The summed E-state index contributed by atoms with van der Waals surface area (Å²) in [7, 11) is 0. The Morgan fingerprint density at radius 1 is 1.12 bits per heavy atom. The van der Waals surface area contributed by atoms with E-state index < -0.39 is 17.8 Å². The molecule has 3 heterocycles. The second-order valence-corrected chi connectivity index (χ2v) is 8.13. The molecule has 1 fully saturated rings.